The van der Waals surface area contributed by atoms with Crippen LogP contribution in [0.4, 0.5) is 29.3 Å². The molecule has 5 atom stereocenters. The minimum absolute atomic E-state index is 0.238. The van der Waals surface area contributed by atoms with Gasteiger partial charge in [-0.3, -0.25) is 5.32 Å². The van der Waals surface area contributed by atoms with Gasteiger partial charge in [-0.25, -0.2) is 19.5 Å². The lowest BCUT2D eigenvalue weighted by Crippen LogP contribution is -2.57. The second-order valence-corrected chi connectivity index (χ2v) is 13.9. The average molecular weight is 777 g/mol. The van der Waals surface area contributed by atoms with Crippen LogP contribution in [0.5, 0.6) is 11.5 Å². The third-order valence-electron chi connectivity index (χ3n) is 8.05. The average Bonchev–Trinajstić information content (AvgIpc) is 3.62. The van der Waals surface area contributed by atoms with E-state index in [1.807, 2.05) is 26.0 Å². The molecule has 0 unspecified atom stereocenters. The second kappa shape index (κ2) is 18.1. The van der Waals surface area contributed by atoms with Crippen LogP contribution in [0.25, 0.3) is 17.1 Å². The number of amides is 2. The summed E-state index contributed by atoms with van der Waals surface area (Å²) in [7, 11) is 6.42. The maximum atomic E-state index is 13.3. The number of hydrogen-bond acceptors (Lipinski definition) is 12. The summed E-state index contributed by atoms with van der Waals surface area (Å²) < 4.78 is 71.5. The number of thioether (sulfide) groups is 2. The van der Waals surface area contributed by atoms with Gasteiger partial charge in [0, 0.05) is 37.7 Å². The van der Waals surface area contributed by atoms with Gasteiger partial charge in [0.2, 0.25) is 0 Å². The van der Waals surface area contributed by atoms with Gasteiger partial charge in [-0.1, -0.05) is 11.8 Å². The van der Waals surface area contributed by atoms with Crippen LogP contribution in [0.15, 0.2) is 78.0 Å². The molecule has 2 amide bonds. The Balaban J connectivity index is 1.24. The highest BCUT2D eigenvalue weighted by Gasteiger charge is 2.45. The predicted molar refractivity (Wildman–Crippen MR) is 197 cm³/mol. The van der Waals surface area contributed by atoms with Crippen molar-refractivity contribution in [1.82, 2.24) is 20.1 Å². The Labute approximate surface area is 312 Å². The molecular weight excluding hydrogens is 738 g/mol. The predicted octanol–water partition coefficient (Wildman–Crippen LogP) is 7.17. The van der Waals surface area contributed by atoms with E-state index < -0.39 is 18.5 Å². The van der Waals surface area contributed by atoms with E-state index in [0.29, 0.717) is 44.5 Å². The van der Waals surface area contributed by atoms with Crippen molar-refractivity contribution in [2.24, 2.45) is 4.99 Å². The lowest BCUT2D eigenvalue weighted by atomic mass is 10.0. The molecule has 3 aromatic carbocycles. The molecule has 2 heterocycles. The molecule has 5 rings (SSSR count). The first-order chi connectivity index (χ1) is 25.4. The maximum Gasteiger partial charge on any atom is 0.573 e. The van der Waals surface area contributed by atoms with E-state index in [2.05, 4.69) is 25.5 Å². The number of ether oxygens (including phenoxy) is 6. The summed E-state index contributed by atoms with van der Waals surface area (Å²) in [6.07, 6.45) is -4.61. The molecular formula is C35H39F3N6O7S2. The van der Waals surface area contributed by atoms with Crippen LogP contribution in [0, 0.1) is 6.92 Å². The molecule has 1 aliphatic rings. The zero-order valence-corrected chi connectivity index (χ0v) is 31.3. The molecule has 1 aliphatic heterocycles. The molecule has 0 saturated carbocycles. The standard InChI is InChI=1S/C35H39F3N6O7S2/c1-20-17-26(46-3)15-16-27(20)41-34(53-19-52-32-30(49-6)29(48-5)28(47-4)21(2)50-32)42-33(45)40-23-9-7-22(8-10-23)31-39-18-44(43-31)24-11-13-25(14-12-24)51-35(36,37)38/h7-18,21,28-30,32H,19H2,1-6H3,(H2,40,41,42,45)/t21-,28-,29+,30+,32-/m0/s1. The summed E-state index contributed by atoms with van der Waals surface area (Å²) in [5.74, 6) is 0.717. The van der Waals surface area contributed by atoms with Crippen molar-refractivity contribution in [2.75, 3.05) is 38.8 Å². The fourth-order valence-corrected chi connectivity index (χ4v) is 7.77. The zero-order chi connectivity index (χ0) is 38.1. The summed E-state index contributed by atoms with van der Waals surface area (Å²) in [6, 6.07) is 17.1. The molecule has 0 spiro atoms. The first-order valence-electron chi connectivity index (χ1n) is 16.1. The Morgan fingerprint density at radius 2 is 1.62 bits per heavy atom. The third kappa shape index (κ3) is 10.6. The van der Waals surface area contributed by atoms with Crippen LogP contribution in [0.1, 0.15) is 12.5 Å². The van der Waals surface area contributed by atoms with Gasteiger partial charge in [0.05, 0.1) is 24.6 Å². The van der Waals surface area contributed by atoms with E-state index in [1.54, 1.807) is 58.8 Å². The van der Waals surface area contributed by atoms with Gasteiger partial charge in [-0.15, -0.1) is 30.0 Å². The van der Waals surface area contributed by atoms with Gasteiger partial charge in [0.1, 0.15) is 41.6 Å². The molecule has 53 heavy (non-hydrogen) atoms. The zero-order valence-electron chi connectivity index (χ0n) is 29.6. The molecule has 13 nitrogen and oxygen atoms in total. The van der Waals surface area contributed by atoms with Gasteiger partial charge in [0.25, 0.3) is 0 Å². The summed E-state index contributed by atoms with van der Waals surface area (Å²) in [5.41, 5.74) is 2.78. The van der Waals surface area contributed by atoms with Crippen LogP contribution in [0.2, 0.25) is 0 Å². The number of urea groups is 1. The number of benzene rings is 3. The smallest absolute Gasteiger partial charge is 0.497 e. The molecule has 284 valence electrons. The van der Waals surface area contributed by atoms with E-state index >= 15 is 0 Å². The van der Waals surface area contributed by atoms with Crippen LogP contribution in [0.3, 0.4) is 0 Å². The number of rotatable bonds is 12. The summed E-state index contributed by atoms with van der Waals surface area (Å²) in [6.45, 7) is 3.83. The highest BCUT2D eigenvalue weighted by atomic mass is 32.2. The van der Waals surface area contributed by atoms with Crippen molar-refractivity contribution < 1.29 is 46.4 Å². The number of carbonyl (C=O) groups excluding carboxylic acids is 1. The van der Waals surface area contributed by atoms with Crippen molar-refractivity contribution >= 4 is 46.1 Å². The lowest BCUT2D eigenvalue weighted by molar-refractivity contribution is -0.274. The number of anilines is 1. The first-order valence-corrected chi connectivity index (χ1v) is 18.1. The van der Waals surface area contributed by atoms with Crippen LogP contribution >= 0.6 is 23.5 Å². The Morgan fingerprint density at radius 1 is 0.943 bits per heavy atom. The number of aryl methyl sites for hydroxylation is 1. The first kappa shape index (κ1) is 39.9. The molecule has 0 aliphatic carbocycles. The largest absolute Gasteiger partial charge is 0.573 e. The van der Waals surface area contributed by atoms with Gasteiger partial charge in [-0.05, 0) is 86.1 Å². The summed E-state index contributed by atoms with van der Waals surface area (Å²) >= 11 is 2.82. The summed E-state index contributed by atoms with van der Waals surface area (Å²) in [4.78, 5) is 22.3. The number of aliphatic imine (C=N–C) groups is 1. The van der Waals surface area contributed by atoms with Crippen molar-refractivity contribution in [2.45, 2.75) is 50.1 Å². The van der Waals surface area contributed by atoms with Gasteiger partial charge in [-0.2, -0.15) is 0 Å². The number of hydrogen-bond donors (Lipinski definition) is 2. The fraction of sp³-hybridized carbons (Fsp3) is 0.371. The fourth-order valence-electron chi connectivity index (χ4n) is 5.47. The minimum Gasteiger partial charge on any atom is -0.497 e. The number of halogens is 3. The normalized spacial score (nSPS) is 20.5. The van der Waals surface area contributed by atoms with Gasteiger partial charge >= 0.3 is 12.4 Å². The maximum absolute atomic E-state index is 13.3. The SMILES string of the molecule is COc1ccc(/N=C(\NC(=O)Nc2ccc(-c3ncn(-c4ccc(OC(F)(F)F)cc4)n3)cc2)SCS[C@@H]2O[C@@H](C)[C@H](OC)[C@@H](OC)[C@H]2OC)c(C)c1. The Morgan fingerprint density at radius 3 is 2.25 bits per heavy atom. The number of nitrogens with zero attached hydrogens (tertiary/aromatic N) is 4. The van der Waals surface area contributed by atoms with Gasteiger partial charge < -0.3 is 33.7 Å². The number of aromatic nitrogens is 3. The lowest BCUT2D eigenvalue weighted by Gasteiger charge is -2.43. The molecule has 1 fully saturated rings. The number of amidine groups is 1. The van der Waals surface area contributed by atoms with E-state index in [4.69, 9.17) is 28.7 Å². The van der Waals surface area contributed by atoms with Crippen LogP contribution in [-0.2, 0) is 18.9 Å². The molecule has 4 aromatic rings. The van der Waals surface area contributed by atoms with Crippen LogP contribution < -0.4 is 20.1 Å². The highest BCUT2D eigenvalue weighted by Crippen LogP contribution is 2.35. The molecule has 1 saturated heterocycles. The van der Waals surface area contributed by atoms with Gasteiger partial charge in [0.15, 0.2) is 11.0 Å². The van der Waals surface area contributed by atoms with Crippen molar-refractivity contribution in [3.8, 4) is 28.6 Å². The van der Waals surface area contributed by atoms with Crippen molar-refractivity contribution in [3.05, 3.63) is 78.6 Å². The quantitative estimate of drug-likeness (QED) is 0.0860. The van der Waals surface area contributed by atoms with Crippen LogP contribution in [-0.4, -0.2) is 95.7 Å². The second-order valence-electron chi connectivity index (χ2n) is 11.5. The Kier molecular flexibility index (Phi) is 13.6. The van der Waals surface area contributed by atoms with E-state index in [9.17, 15) is 18.0 Å². The van der Waals surface area contributed by atoms with E-state index in [-0.39, 0.29) is 29.5 Å². The Bertz CT molecular complexity index is 1850. The van der Waals surface area contributed by atoms with Crippen molar-refractivity contribution in [3.63, 3.8) is 0 Å². The number of alkyl halides is 3. The van der Waals surface area contributed by atoms with E-state index in [1.165, 1.54) is 58.8 Å². The molecule has 0 radical (unpaired) electrons. The third-order valence-corrected chi connectivity index (χ3v) is 10.2. The molecule has 2 N–H and O–H groups in total. The molecule has 0 bridgehead atoms. The number of nitrogens with one attached hydrogen (secondary N) is 2. The minimum atomic E-state index is -4.78. The number of methoxy groups -OCH3 is 4. The van der Waals surface area contributed by atoms with Crippen molar-refractivity contribution in [1.29, 1.82) is 0 Å². The van der Waals surface area contributed by atoms with E-state index in [0.717, 1.165) is 5.56 Å². The Hall–Kier alpha value is -4.33. The molecule has 18 heteroatoms. The summed E-state index contributed by atoms with van der Waals surface area (Å²) in [5, 5.41) is 10.9. The topological polar surface area (TPSA) is 140 Å². The monoisotopic (exact) mass is 776 g/mol. The highest BCUT2D eigenvalue weighted by molar-refractivity contribution is 8.24. The molecule has 1 aromatic heterocycles. The number of carbonyl (C=O) groups is 1.